The molecule has 1 heterocycles. The quantitative estimate of drug-likeness (QED) is 0.559. The molecule has 160 valence electrons. The van der Waals surface area contributed by atoms with Crippen molar-refractivity contribution in [3.05, 3.63) is 72.3 Å². The third-order valence-electron chi connectivity index (χ3n) is 5.41. The molecule has 1 aromatic heterocycles. The summed E-state index contributed by atoms with van der Waals surface area (Å²) in [6, 6.07) is 12.7. The van der Waals surface area contributed by atoms with Crippen molar-refractivity contribution in [3.8, 4) is 11.5 Å². The second-order valence-electron chi connectivity index (χ2n) is 7.55. The van der Waals surface area contributed by atoms with E-state index in [9.17, 15) is 9.90 Å². The smallest absolute Gasteiger partial charge is 0.335 e. The van der Waals surface area contributed by atoms with Crippen LogP contribution in [0.4, 0.5) is 11.4 Å². The van der Waals surface area contributed by atoms with Crippen LogP contribution in [-0.2, 0) is 6.54 Å². The minimum Gasteiger partial charge on any atom is -0.493 e. The SMILES string of the molecule is COc1ccc(N(Cc2cncnc2)c2cccc(C(=O)O)c2)cc1OC1CCCC1. The second-order valence-corrected chi connectivity index (χ2v) is 7.55. The lowest BCUT2D eigenvalue weighted by molar-refractivity contribution is 0.0697. The van der Waals surface area contributed by atoms with Gasteiger partial charge in [-0.25, -0.2) is 14.8 Å². The molecule has 0 saturated heterocycles. The monoisotopic (exact) mass is 419 g/mol. The Balaban J connectivity index is 1.73. The predicted octanol–water partition coefficient (Wildman–Crippen LogP) is 4.84. The third kappa shape index (κ3) is 4.94. The standard InChI is InChI=1S/C24H25N3O4/c1-30-22-10-9-20(12-23(22)31-21-7-2-3-8-21)27(15-17-13-25-16-26-14-17)19-6-4-5-18(11-19)24(28)29/h4-6,9-14,16,21H,2-3,7-8,15H2,1H3,(H,28,29). The van der Waals surface area contributed by atoms with Gasteiger partial charge >= 0.3 is 5.97 Å². The Hall–Kier alpha value is -3.61. The lowest BCUT2D eigenvalue weighted by Gasteiger charge is -2.27. The fourth-order valence-electron chi connectivity index (χ4n) is 3.84. The number of aromatic carboxylic acids is 1. The fraction of sp³-hybridized carbons (Fsp3) is 0.292. The molecule has 4 rings (SSSR count). The number of rotatable bonds is 8. The summed E-state index contributed by atoms with van der Waals surface area (Å²) in [5.74, 6) is 0.401. The van der Waals surface area contributed by atoms with Gasteiger partial charge in [0.1, 0.15) is 6.33 Å². The van der Waals surface area contributed by atoms with Gasteiger partial charge in [-0.1, -0.05) is 6.07 Å². The van der Waals surface area contributed by atoms with Crippen molar-refractivity contribution in [1.82, 2.24) is 9.97 Å². The van der Waals surface area contributed by atoms with E-state index >= 15 is 0 Å². The number of anilines is 2. The molecular formula is C24H25N3O4. The van der Waals surface area contributed by atoms with Crippen molar-refractivity contribution in [2.24, 2.45) is 0 Å². The second kappa shape index (κ2) is 9.47. The minimum absolute atomic E-state index is 0.190. The van der Waals surface area contributed by atoms with Crippen molar-refractivity contribution >= 4 is 17.3 Å². The van der Waals surface area contributed by atoms with Gasteiger partial charge in [0.05, 0.1) is 25.3 Å². The Kier molecular flexibility index (Phi) is 6.31. The van der Waals surface area contributed by atoms with Crippen LogP contribution < -0.4 is 14.4 Å². The molecule has 0 spiro atoms. The summed E-state index contributed by atoms with van der Waals surface area (Å²) in [5, 5.41) is 9.45. The summed E-state index contributed by atoms with van der Waals surface area (Å²) < 4.78 is 11.8. The zero-order chi connectivity index (χ0) is 21.6. The van der Waals surface area contributed by atoms with Crippen LogP contribution in [0, 0.1) is 0 Å². The number of hydrogen-bond acceptors (Lipinski definition) is 6. The number of methoxy groups -OCH3 is 1. The van der Waals surface area contributed by atoms with E-state index in [4.69, 9.17) is 9.47 Å². The largest absolute Gasteiger partial charge is 0.493 e. The summed E-state index contributed by atoms with van der Waals surface area (Å²) in [6.45, 7) is 0.471. The molecule has 7 nitrogen and oxygen atoms in total. The zero-order valence-corrected chi connectivity index (χ0v) is 17.4. The number of nitrogens with zero attached hydrogens (tertiary/aromatic N) is 3. The number of hydrogen-bond donors (Lipinski definition) is 1. The Labute approximate surface area is 181 Å². The van der Waals surface area contributed by atoms with E-state index in [0.717, 1.165) is 29.8 Å². The highest BCUT2D eigenvalue weighted by molar-refractivity contribution is 5.89. The van der Waals surface area contributed by atoms with Crippen LogP contribution in [0.2, 0.25) is 0 Å². The first-order chi connectivity index (χ1) is 15.1. The summed E-state index contributed by atoms with van der Waals surface area (Å²) in [7, 11) is 1.63. The number of benzene rings is 2. The van der Waals surface area contributed by atoms with Crippen molar-refractivity contribution in [2.75, 3.05) is 12.0 Å². The van der Waals surface area contributed by atoms with Crippen molar-refractivity contribution in [1.29, 1.82) is 0 Å². The molecule has 1 aliphatic rings. The molecule has 1 fully saturated rings. The van der Waals surface area contributed by atoms with Crippen LogP contribution in [0.1, 0.15) is 41.6 Å². The Morgan fingerprint density at radius 1 is 1.06 bits per heavy atom. The number of carboxylic acids is 1. The maximum absolute atomic E-state index is 11.5. The van der Waals surface area contributed by atoms with E-state index in [1.54, 1.807) is 37.7 Å². The average Bonchev–Trinajstić information content (AvgIpc) is 3.31. The van der Waals surface area contributed by atoms with E-state index in [-0.39, 0.29) is 11.7 Å². The highest BCUT2D eigenvalue weighted by Crippen LogP contribution is 2.37. The van der Waals surface area contributed by atoms with Crippen LogP contribution >= 0.6 is 0 Å². The van der Waals surface area contributed by atoms with E-state index < -0.39 is 5.97 Å². The molecule has 2 aromatic carbocycles. The predicted molar refractivity (Wildman–Crippen MR) is 117 cm³/mol. The Morgan fingerprint density at radius 3 is 2.52 bits per heavy atom. The molecule has 0 amide bonds. The number of ether oxygens (including phenoxy) is 2. The first kappa shape index (κ1) is 20.7. The Bertz CT molecular complexity index is 1040. The van der Waals surface area contributed by atoms with E-state index in [0.29, 0.717) is 18.0 Å². The van der Waals surface area contributed by atoms with Gasteiger partial charge in [-0.05, 0) is 56.0 Å². The molecule has 0 atom stereocenters. The van der Waals surface area contributed by atoms with Crippen molar-refractivity contribution < 1.29 is 19.4 Å². The van der Waals surface area contributed by atoms with Crippen LogP contribution in [0.15, 0.2) is 61.2 Å². The van der Waals surface area contributed by atoms with Crippen LogP contribution in [0.25, 0.3) is 0 Å². The first-order valence-corrected chi connectivity index (χ1v) is 10.3. The summed E-state index contributed by atoms with van der Waals surface area (Å²) in [4.78, 5) is 21.8. The minimum atomic E-state index is -0.968. The van der Waals surface area contributed by atoms with E-state index in [1.807, 2.05) is 29.2 Å². The third-order valence-corrected chi connectivity index (χ3v) is 5.41. The van der Waals surface area contributed by atoms with Gasteiger partial charge in [-0.15, -0.1) is 0 Å². The normalized spacial score (nSPS) is 13.7. The molecule has 0 aliphatic heterocycles. The molecule has 3 aromatic rings. The molecule has 0 bridgehead atoms. The number of carbonyl (C=O) groups is 1. The van der Waals surface area contributed by atoms with Gasteiger partial charge in [0.15, 0.2) is 11.5 Å². The van der Waals surface area contributed by atoms with Crippen LogP contribution in [0.5, 0.6) is 11.5 Å². The summed E-state index contributed by atoms with van der Waals surface area (Å²) >= 11 is 0. The molecule has 1 N–H and O–H groups in total. The number of aromatic nitrogens is 2. The van der Waals surface area contributed by atoms with Gasteiger partial charge in [-0.2, -0.15) is 0 Å². The summed E-state index contributed by atoms with van der Waals surface area (Å²) in [5.41, 5.74) is 2.74. The van der Waals surface area contributed by atoms with Crippen LogP contribution in [-0.4, -0.2) is 34.3 Å². The van der Waals surface area contributed by atoms with Gasteiger partial charge in [-0.3, -0.25) is 0 Å². The maximum Gasteiger partial charge on any atom is 0.335 e. The first-order valence-electron chi connectivity index (χ1n) is 10.3. The van der Waals surface area contributed by atoms with Gasteiger partial charge in [0, 0.05) is 35.4 Å². The molecule has 1 aliphatic carbocycles. The van der Waals surface area contributed by atoms with Crippen molar-refractivity contribution in [3.63, 3.8) is 0 Å². The lowest BCUT2D eigenvalue weighted by atomic mass is 10.1. The molecule has 1 saturated carbocycles. The molecule has 0 unspecified atom stereocenters. The molecular weight excluding hydrogens is 394 g/mol. The zero-order valence-electron chi connectivity index (χ0n) is 17.4. The Morgan fingerprint density at radius 2 is 1.81 bits per heavy atom. The van der Waals surface area contributed by atoms with Gasteiger partial charge in [0.2, 0.25) is 0 Å². The topological polar surface area (TPSA) is 84.8 Å². The summed E-state index contributed by atoms with van der Waals surface area (Å²) in [6.07, 6.45) is 9.61. The van der Waals surface area contributed by atoms with Gasteiger partial charge in [0.25, 0.3) is 0 Å². The molecule has 0 radical (unpaired) electrons. The molecule has 7 heteroatoms. The van der Waals surface area contributed by atoms with Crippen LogP contribution in [0.3, 0.4) is 0 Å². The fourth-order valence-corrected chi connectivity index (χ4v) is 3.84. The number of carboxylic acid groups (broad SMARTS) is 1. The van der Waals surface area contributed by atoms with Gasteiger partial charge < -0.3 is 19.5 Å². The maximum atomic E-state index is 11.5. The highest BCUT2D eigenvalue weighted by atomic mass is 16.5. The average molecular weight is 419 g/mol. The lowest BCUT2D eigenvalue weighted by Crippen LogP contribution is -2.18. The molecule has 31 heavy (non-hydrogen) atoms. The van der Waals surface area contributed by atoms with E-state index in [2.05, 4.69) is 9.97 Å². The van der Waals surface area contributed by atoms with E-state index in [1.165, 1.54) is 19.2 Å². The van der Waals surface area contributed by atoms with Crippen molar-refractivity contribution in [2.45, 2.75) is 38.3 Å². The highest BCUT2D eigenvalue weighted by Gasteiger charge is 2.20.